The Morgan fingerprint density at radius 3 is 1.46 bits per heavy atom. The normalized spacial score (nSPS) is 19.6. The second-order valence-electron chi connectivity index (χ2n) is 21.4. The van der Waals surface area contributed by atoms with Crippen LogP contribution in [0.1, 0.15) is 278 Å². The molecule has 74 heavy (non-hydrogen) atoms. The Hall–Kier alpha value is -2.38. The van der Waals surface area contributed by atoms with Gasteiger partial charge in [-0.05, 0) is 77.0 Å². The lowest BCUT2D eigenvalue weighted by molar-refractivity contribution is -0.305. The highest BCUT2D eigenvalue weighted by Gasteiger charge is 2.47. The van der Waals surface area contributed by atoms with Crippen LogP contribution >= 0.6 is 0 Å². The van der Waals surface area contributed by atoms with E-state index in [-0.39, 0.29) is 13.0 Å². The van der Waals surface area contributed by atoms with E-state index >= 15 is 0 Å². The van der Waals surface area contributed by atoms with Crippen molar-refractivity contribution in [3.63, 3.8) is 0 Å². The lowest BCUT2D eigenvalue weighted by Gasteiger charge is -2.41. The summed E-state index contributed by atoms with van der Waals surface area (Å²) in [6.45, 7) is 5.72. The van der Waals surface area contributed by atoms with Gasteiger partial charge in [0.2, 0.25) is 5.91 Å². The summed E-state index contributed by atoms with van der Waals surface area (Å²) >= 11 is 0. The minimum absolute atomic E-state index is 0.114. The van der Waals surface area contributed by atoms with E-state index in [2.05, 4.69) is 62.5 Å². The van der Waals surface area contributed by atoms with E-state index in [0.717, 1.165) is 83.5 Å². The van der Waals surface area contributed by atoms with Crippen molar-refractivity contribution >= 4 is 11.9 Å². The second kappa shape index (κ2) is 51.4. The molecule has 1 rings (SSSR count). The summed E-state index contributed by atoms with van der Waals surface area (Å²) in [5.41, 5.74) is 0. The highest BCUT2D eigenvalue weighted by Crippen LogP contribution is 2.26. The number of esters is 1. The Morgan fingerprint density at radius 2 is 0.946 bits per heavy atom. The van der Waals surface area contributed by atoms with Crippen molar-refractivity contribution in [1.29, 1.82) is 0 Å². The first-order valence-corrected chi connectivity index (χ1v) is 30.9. The molecule has 1 aliphatic rings. The number of allylic oxidation sites excluding steroid dienone is 7. The van der Waals surface area contributed by atoms with Crippen LogP contribution in [0.25, 0.3) is 0 Å². The summed E-state index contributed by atoms with van der Waals surface area (Å²) in [6.07, 6.45) is 51.6. The third-order valence-corrected chi connectivity index (χ3v) is 14.5. The van der Waals surface area contributed by atoms with Gasteiger partial charge in [-0.1, -0.05) is 243 Å². The number of carbonyl (C=O) groups is 2. The van der Waals surface area contributed by atoms with Crippen molar-refractivity contribution in [2.75, 3.05) is 13.2 Å². The number of nitrogens with one attached hydrogen (secondary N) is 1. The molecule has 0 aliphatic carbocycles. The van der Waals surface area contributed by atoms with Gasteiger partial charge in [-0.3, -0.25) is 9.59 Å². The standard InChI is InChI=1S/C63H115NO10/c1-4-7-10-13-16-19-22-24-25-26-27-28-29-30-31-32-33-36-38-41-44-47-50-56(67)62(71)64-54(55(66)49-46-43-40-37-35-23-20-17-14-11-8-5-2)53-72-63-61(60(70)59(69)57(52-65)73-63)74-58(68)51-48-45-42-39-34-21-18-15-12-9-6-3/h15-16,18-19,24-25,46,49,54-57,59-61,63,65-67,69-70H,4-14,17,20-23,26-45,47-48,50-53H2,1-3H3,(H,64,71)/b18-15-,19-16-,25-24-,49-46+. The molecule has 11 heteroatoms. The predicted molar refractivity (Wildman–Crippen MR) is 306 cm³/mol. The average molecular weight is 1050 g/mol. The third-order valence-electron chi connectivity index (χ3n) is 14.5. The van der Waals surface area contributed by atoms with Gasteiger partial charge in [-0.15, -0.1) is 0 Å². The molecule has 1 heterocycles. The van der Waals surface area contributed by atoms with E-state index < -0.39 is 67.4 Å². The quantitative estimate of drug-likeness (QED) is 0.0195. The molecule has 0 aromatic rings. The monoisotopic (exact) mass is 1050 g/mol. The number of carbonyl (C=O) groups excluding carboxylic acids is 2. The van der Waals surface area contributed by atoms with Gasteiger partial charge in [0.1, 0.15) is 24.4 Å². The predicted octanol–water partition coefficient (Wildman–Crippen LogP) is 14.4. The van der Waals surface area contributed by atoms with Gasteiger partial charge in [0.15, 0.2) is 12.4 Å². The van der Waals surface area contributed by atoms with Gasteiger partial charge >= 0.3 is 5.97 Å². The van der Waals surface area contributed by atoms with Gasteiger partial charge < -0.3 is 45.1 Å². The first-order chi connectivity index (χ1) is 36.2. The van der Waals surface area contributed by atoms with Crippen molar-refractivity contribution in [3.05, 3.63) is 48.6 Å². The van der Waals surface area contributed by atoms with Gasteiger partial charge in [0.25, 0.3) is 0 Å². The number of amides is 1. The zero-order valence-corrected chi connectivity index (χ0v) is 47.7. The van der Waals surface area contributed by atoms with Gasteiger partial charge in [-0.2, -0.15) is 0 Å². The molecule has 0 radical (unpaired) electrons. The van der Waals surface area contributed by atoms with Crippen molar-refractivity contribution in [2.45, 2.75) is 327 Å². The molecule has 0 saturated carbocycles. The highest BCUT2D eigenvalue weighted by molar-refractivity contribution is 5.80. The molecule has 0 spiro atoms. The van der Waals surface area contributed by atoms with Crippen molar-refractivity contribution in [2.24, 2.45) is 0 Å². The molecule has 8 unspecified atom stereocenters. The van der Waals surface area contributed by atoms with Crippen LogP contribution < -0.4 is 5.32 Å². The molecule has 432 valence electrons. The SMILES string of the molecule is CCCC/C=C\CCCCCCCC(=O)OC1C(OCC(NC(=O)C(O)CCCCCCCCCCCCCC/C=C\C/C=C\CCCCC)C(O)/C=C/CCCCCCCCCCCC)OC(CO)C(O)C1O. The minimum atomic E-state index is -1.61. The summed E-state index contributed by atoms with van der Waals surface area (Å²) < 4.78 is 17.6. The van der Waals surface area contributed by atoms with E-state index in [4.69, 9.17) is 14.2 Å². The number of unbranched alkanes of at least 4 members (excludes halogenated alkanes) is 32. The summed E-state index contributed by atoms with van der Waals surface area (Å²) in [7, 11) is 0. The van der Waals surface area contributed by atoms with Crippen molar-refractivity contribution in [3.8, 4) is 0 Å². The summed E-state index contributed by atoms with van der Waals surface area (Å²) in [5.74, 6) is -1.20. The Bertz CT molecular complexity index is 1390. The maximum atomic E-state index is 13.4. The van der Waals surface area contributed by atoms with Crippen LogP contribution in [-0.2, 0) is 23.8 Å². The molecule has 0 aromatic heterocycles. The molecule has 0 aromatic carbocycles. The first-order valence-electron chi connectivity index (χ1n) is 30.9. The first kappa shape index (κ1) is 69.6. The number of ether oxygens (including phenoxy) is 3. The Balaban J connectivity index is 2.63. The molecular weight excluding hydrogens is 931 g/mol. The van der Waals surface area contributed by atoms with Crippen LogP contribution in [-0.4, -0.2) is 99.6 Å². The van der Waals surface area contributed by atoms with Crippen molar-refractivity contribution < 1.29 is 49.3 Å². The van der Waals surface area contributed by atoms with E-state index in [9.17, 15) is 35.1 Å². The van der Waals surface area contributed by atoms with Gasteiger partial charge in [-0.25, -0.2) is 0 Å². The van der Waals surface area contributed by atoms with Crippen LogP contribution in [0.3, 0.4) is 0 Å². The molecule has 0 bridgehead atoms. The zero-order valence-electron chi connectivity index (χ0n) is 47.7. The lowest BCUT2D eigenvalue weighted by atomic mass is 9.99. The van der Waals surface area contributed by atoms with E-state index in [1.807, 2.05) is 6.08 Å². The maximum absolute atomic E-state index is 13.4. The van der Waals surface area contributed by atoms with Crippen LogP contribution in [0.2, 0.25) is 0 Å². The molecule has 11 nitrogen and oxygen atoms in total. The van der Waals surface area contributed by atoms with Crippen LogP contribution in [0.5, 0.6) is 0 Å². The van der Waals surface area contributed by atoms with Crippen LogP contribution in [0.4, 0.5) is 0 Å². The molecule has 1 fully saturated rings. The molecule has 6 N–H and O–H groups in total. The number of aliphatic hydroxyl groups excluding tert-OH is 5. The number of aliphatic hydroxyl groups is 5. The van der Waals surface area contributed by atoms with E-state index in [0.29, 0.717) is 19.3 Å². The molecule has 1 saturated heterocycles. The summed E-state index contributed by atoms with van der Waals surface area (Å²) in [6, 6.07) is -1.02. The average Bonchev–Trinajstić information content (AvgIpc) is 3.40. The number of hydrogen-bond acceptors (Lipinski definition) is 10. The summed E-state index contributed by atoms with van der Waals surface area (Å²) in [5, 5.41) is 56.9. The Morgan fingerprint density at radius 1 is 0.527 bits per heavy atom. The largest absolute Gasteiger partial charge is 0.454 e. The highest BCUT2D eigenvalue weighted by atomic mass is 16.7. The van der Waals surface area contributed by atoms with E-state index in [1.54, 1.807) is 6.08 Å². The molecule has 1 aliphatic heterocycles. The maximum Gasteiger partial charge on any atom is 0.306 e. The fourth-order valence-electron chi connectivity index (χ4n) is 9.49. The summed E-state index contributed by atoms with van der Waals surface area (Å²) in [4.78, 5) is 26.5. The fourth-order valence-corrected chi connectivity index (χ4v) is 9.49. The van der Waals surface area contributed by atoms with Gasteiger partial charge in [0.05, 0.1) is 25.4 Å². The van der Waals surface area contributed by atoms with Gasteiger partial charge in [0, 0.05) is 6.42 Å². The lowest BCUT2D eigenvalue weighted by Crippen LogP contribution is -2.61. The minimum Gasteiger partial charge on any atom is -0.454 e. The van der Waals surface area contributed by atoms with Crippen molar-refractivity contribution in [1.82, 2.24) is 5.32 Å². The van der Waals surface area contributed by atoms with E-state index in [1.165, 1.54) is 148 Å². The van der Waals surface area contributed by atoms with Crippen LogP contribution in [0, 0.1) is 0 Å². The molecular formula is C63H115NO10. The number of rotatable bonds is 52. The smallest absolute Gasteiger partial charge is 0.306 e. The molecule has 8 atom stereocenters. The topological polar surface area (TPSA) is 175 Å². The third kappa shape index (κ3) is 39.1. The molecule has 1 amide bonds. The number of hydrogen-bond donors (Lipinski definition) is 6. The Kier molecular flexibility index (Phi) is 48.3. The van der Waals surface area contributed by atoms with Crippen LogP contribution in [0.15, 0.2) is 48.6 Å². The zero-order chi connectivity index (χ0) is 54.0. The Labute approximate surface area is 453 Å². The fraction of sp³-hybridized carbons (Fsp3) is 0.841. The second-order valence-corrected chi connectivity index (χ2v) is 21.4.